The molecule has 0 radical (unpaired) electrons. The molecule has 1 saturated heterocycles. The van der Waals surface area contributed by atoms with E-state index in [-0.39, 0.29) is 18.1 Å². The molecule has 0 aliphatic carbocycles. The first-order valence-electron chi connectivity index (χ1n) is 5.87. The van der Waals surface area contributed by atoms with E-state index in [1.165, 1.54) is 6.07 Å². The Hall–Kier alpha value is -3.16. The first-order chi connectivity index (χ1) is 9.95. The molecule has 2 heterocycles. The summed E-state index contributed by atoms with van der Waals surface area (Å²) < 4.78 is 0. The number of para-hydroxylation sites is 1. The average molecular weight is 289 g/mol. The SMILES string of the molecule is O=C1CC(=O)NC(=O)N1.Oc1cc(O)c2ccccc2n1. The first kappa shape index (κ1) is 14.3. The molecule has 1 fully saturated rings. The minimum atomic E-state index is -0.740. The van der Waals surface area contributed by atoms with Crippen molar-refractivity contribution in [3.05, 3.63) is 30.3 Å². The molecule has 4 N–H and O–H groups in total. The molecule has 1 aromatic carbocycles. The smallest absolute Gasteiger partial charge is 0.328 e. The number of aromatic hydroxyl groups is 2. The highest BCUT2D eigenvalue weighted by Gasteiger charge is 2.20. The van der Waals surface area contributed by atoms with Crippen LogP contribution >= 0.6 is 0 Å². The zero-order chi connectivity index (χ0) is 15.4. The summed E-state index contributed by atoms with van der Waals surface area (Å²) in [5, 5.41) is 22.8. The summed E-state index contributed by atoms with van der Waals surface area (Å²) in [6, 6.07) is 7.57. The molecule has 1 aliphatic heterocycles. The maximum absolute atomic E-state index is 10.3. The Morgan fingerprint density at radius 1 is 1.00 bits per heavy atom. The maximum Gasteiger partial charge on any atom is 0.328 e. The van der Waals surface area contributed by atoms with Gasteiger partial charge in [0.1, 0.15) is 12.2 Å². The molecule has 0 bridgehead atoms. The van der Waals surface area contributed by atoms with Crippen LogP contribution in [0.3, 0.4) is 0 Å². The molecule has 4 amide bonds. The highest BCUT2D eigenvalue weighted by molar-refractivity contribution is 6.14. The lowest BCUT2D eigenvalue weighted by Crippen LogP contribution is -2.49. The number of nitrogens with one attached hydrogen (secondary N) is 2. The third kappa shape index (κ3) is 3.66. The van der Waals surface area contributed by atoms with Crippen LogP contribution in [-0.4, -0.2) is 33.0 Å². The Kier molecular flexibility index (Phi) is 3.98. The number of barbiturate groups is 1. The third-order valence-corrected chi connectivity index (χ3v) is 2.51. The summed E-state index contributed by atoms with van der Waals surface area (Å²) in [5.41, 5.74) is 0.593. The van der Waals surface area contributed by atoms with Crippen LogP contribution in [0.15, 0.2) is 30.3 Å². The number of hydrogen-bond donors (Lipinski definition) is 4. The molecule has 0 saturated carbocycles. The van der Waals surface area contributed by atoms with E-state index in [4.69, 9.17) is 5.11 Å². The van der Waals surface area contributed by atoms with Gasteiger partial charge in [0.15, 0.2) is 0 Å². The topological polar surface area (TPSA) is 129 Å². The van der Waals surface area contributed by atoms with Crippen molar-refractivity contribution in [2.24, 2.45) is 0 Å². The van der Waals surface area contributed by atoms with Gasteiger partial charge in [-0.05, 0) is 12.1 Å². The Balaban J connectivity index is 0.000000161. The van der Waals surface area contributed by atoms with Crippen LogP contribution in [0.25, 0.3) is 10.9 Å². The van der Waals surface area contributed by atoms with Crippen molar-refractivity contribution in [3.8, 4) is 11.6 Å². The van der Waals surface area contributed by atoms with Gasteiger partial charge in [-0.2, -0.15) is 0 Å². The van der Waals surface area contributed by atoms with Gasteiger partial charge in [0, 0.05) is 11.5 Å². The molecule has 1 aromatic heterocycles. The number of pyridine rings is 1. The van der Waals surface area contributed by atoms with E-state index in [1.807, 2.05) is 10.6 Å². The van der Waals surface area contributed by atoms with Gasteiger partial charge in [-0.1, -0.05) is 12.1 Å². The van der Waals surface area contributed by atoms with Gasteiger partial charge in [0.2, 0.25) is 17.7 Å². The molecule has 1 aliphatic rings. The monoisotopic (exact) mass is 289 g/mol. The minimum absolute atomic E-state index is 0.0538. The summed E-state index contributed by atoms with van der Waals surface area (Å²) in [6.45, 7) is 0. The van der Waals surface area contributed by atoms with E-state index < -0.39 is 17.8 Å². The van der Waals surface area contributed by atoms with E-state index in [0.29, 0.717) is 10.9 Å². The second kappa shape index (κ2) is 5.87. The van der Waals surface area contributed by atoms with Gasteiger partial charge in [0.05, 0.1) is 5.52 Å². The normalized spacial score (nSPS) is 14.0. The molecular weight excluding hydrogens is 278 g/mol. The highest BCUT2D eigenvalue weighted by Crippen LogP contribution is 2.25. The van der Waals surface area contributed by atoms with E-state index in [2.05, 4.69) is 4.98 Å². The number of rotatable bonds is 0. The van der Waals surface area contributed by atoms with E-state index in [1.54, 1.807) is 24.3 Å². The van der Waals surface area contributed by atoms with Gasteiger partial charge in [-0.15, -0.1) is 0 Å². The first-order valence-corrected chi connectivity index (χ1v) is 5.87. The quantitative estimate of drug-likeness (QED) is 0.519. The molecule has 21 heavy (non-hydrogen) atoms. The predicted octanol–water partition coefficient (Wildman–Crippen LogP) is 0.388. The summed E-state index contributed by atoms with van der Waals surface area (Å²) in [7, 11) is 0. The number of aromatic nitrogens is 1. The summed E-state index contributed by atoms with van der Waals surface area (Å²) in [5.74, 6) is -1.21. The van der Waals surface area contributed by atoms with Crippen molar-refractivity contribution >= 4 is 28.7 Å². The number of carbonyl (C=O) groups excluding carboxylic acids is 3. The molecule has 2 aromatic rings. The molecule has 3 rings (SSSR count). The predicted molar refractivity (Wildman–Crippen MR) is 71.4 cm³/mol. The summed E-state index contributed by atoms with van der Waals surface area (Å²) in [4.78, 5) is 34.6. The lowest BCUT2D eigenvalue weighted by molar-refractivity contribution is -0.129. The number of imide groups is 2. The number of fused-ring (bicyclic) bond motifs is 1. The Morgan fingerprint density at radius 2 is 1.62 bits per heavy atom. The summed E-state index contributed by atoms with van der Waals surface area (Å²) in [6.07, 6.45) is -0.258. The Morgan fingerprint density at radius 3 is 2.24 bits per heavy atom. The highest BCUT2D eigenvalue weighted by atomic mass is 16.3. The van der Waals surface area contributed by atoms with Crippen LogP contribution in [0.2, 0.25) is 0 Å². The zero-order valence-corrected chi connectivity index (χ0v) is 10.7. The van der Waals surface area contributed by atoms with Crippen LogP contribution in [0.1, 0.15) is 6.42 Å². The second-order valence-electron chi connectivity index (χ2n) is 4.12. The van der Waals surface area contributed by atoms with Gasteiger partial charge in [-0.25, -0.2) is 9.78 Å². The number of urea groups is 1. The molecule has 8 nitrogen and oxygen atoms in total. The number of nitrogens with zero attached hydrogens (tertiary/aromatic N) is 1. The van der Waals surface area contributed by atoms with Crippen LogP contribution in [-0.2, 0) is 9.59 Å². The van der Waals surface area contributed by atoms with Crippen molar-refractivity contribution in [1.29, 1.82) is 0 Å². The van der Waals surface area contributed by atoms with E-state index in [9.17, 15) is 19.5 Å². The molecule has 0 atom stereocenters. The fraction of sp³-hybridized carbons (Fsp3) is 0.0769. The van der Waals surface area contributed by atoms with Crippen molar-refractivity contribution in [2.45, 2.75) is 6.42 Å². The average Bonchev–Trinajstić information content (AvgIpc) is 2.37. The van der Waals surface area contributed by atoms with Gasteiger partial charge >= 0.3 is 6.03 Å². The van der Waals surface area contributed by atoms with Crippen molar-refractivity contribution in [2.75, 3.05) is 0 Å². The largest absolute Gasteiger partial charge is 0.507 e. The molecule has 0 unspecified atom stereocenters. The molecule has 8 heteroatoms. The number of hydrogen-bond acceptors (Lipinski definition) is 6. The second-order valence-corrected chi connectivity index (χ2v) is 4.12. The number of amides is 4. The lowest BCUT2D eigenvalue weighted by atomic mass is 10.2. The van der Waals surface area contributed by atoms with E-state index in [0.717, 1.165) is 0 Å². The fourth-order valence-corrected chi connectivity index (χ4v) is 1.66. The van der Waals surface area contributed by atoms with Gasteiger partial charge in [0.25, 0.3) is 0 Å². The maximum atomic E-state index is 10.3. The molecule has 0 spiro atoms. The standard InChI is InChI=1S/C9H7NO2.C4H4N2O3/c11-8-5-9(12)10-7-4-2-1-3-6(7)8;7-2-1-3(8)6-4(9)5-2/h1-5H,(H2,10,11,12);1H2,(H2,5,6,7,8,9). The van der Waals surface area contributed by atoms with Gasteiger partial charge in [-0.3, -0.25) is 20.2 Å². The Bertz CT molecular complexity index is 684. The number of carbonyl (C=O) groups is 3. The third-order valence-electron chi connectivity index (χ3n) is 2.51. The molecule has 108 valence electrons. The van der Waals surface area contributed by atoms with Crippen LogP contribution in [0.5, 0.6) is 11.6 Å². The fourth-order valence-electron chi connectivity index (χ4n) is 1.66. The van der Waals surface area contributed by atoms with Crippen LogP contribution < -0.4 is 10.6 Å². The Labute approximate surface area is 118 Å². The minimum Gasteiger partial charge on any atom is -0.507 e. The van der Waals surface area contributed by atoms with E-state index >= 15 is 0 Å². The van der Waals surface area contributed by atoms with Gasteiger partial charge < -0.3 is 10.2 Å². The number of benzene rings is 1. The van der Waals surface area contributed by atoms with Crippen molar-refractivity contribution in [1.82, 2.24) is 15.6 Å². The molecular formula is C13H11N3O5. The van der Waals surface area contributed by atoms with Crippen LogP contribution in [0.4, 0.5) is 4.79 Å². The zero-order valence-electron chi connectivity index (χ0n) is 10.7. The summed E-state index contributed by atoms with van der Waals surface area (Å²) >= 11 is 0. The van der Waals surface area contributed by atoms with Crippen molar-refractivity contribution in [3.63, 3.8) is 0 Å². The van der Waals surface area contributed by atoms with Crippen molar-refractivity contribution < 1.29 is 24.6 Å². The lowest BCUT2D eigenvalue weighted by Gasteiger charge is -2.09. The van der Waals surface area contributed by atoms with Crippen LogP contribution in [0, 0.1) is 0 Å².